The van der Waals surface area contributed by atoms with Crippen LogP contribution in [0.1, 0.15) is 51.2 Å². The second-order valence-electron chi connectivity index (χ2n) is 16.0. The number of ether oxygens (including phenoxy) is 3. The third kappa shape index (κ3) is 11.0. The fraction of sp³-hybridized carbons (Fsp3) is 0.537. The molecule has 4 heterocycles. The molecular formula is C41H47F5N6O10. The molecule has 6 amide bonds. The first-order chi connectivity index (χ1) is 29.3. The van der Waals surface area contributed by atoms with E-state index in [-0.39, 0.29) is 62.7 Å². The highest BCUT2D eigenvalue weighted by Gasteiger charge is 2.47. The van der Waals surface area contributed by atoms with E-state index in [1.54, 1.807) is 0 Å². The van der Waals surface area contributed by atoms with Crippen molar-refractivity contribution in [3.05, 3.63) is 65.2 Å². The molecule has 21 heteroatoms. The van der Waals surface area contributed by atoms with Crippen molar-refractivity contribution in [1.82, 2.24) is 30.7 Å². The summed E-state index contributed by atoms with van der Waals surface area (Å²) < 4.78 is 82.0. The summed E-state index contributed by atoms with van der Waals surface area (Å²) in [6.07, 6.45) is -6.75. The molecule has 8 atom stereocenters. The van der Waals surface area contributed by atoms with Crippen LogP contribution in [0.25, 0.3) is 0 Å². The number of carbonyl (C=O) groups excluding carboxylic acids is 7. The van der Waals surface area contributed by atoms with Crippen molar-refractivity contribution in [2.45, 2.75) is 102 Å². The fourth-order valence-electron chi connectivity index (χ4n) is 8.25. The van der Waals surface area contributed by atoms with Gasteiger partial charge >= 0.3 is 12.3 Å². The van der Waals surface area contributed by atoms with Gasteiger partial charge in [-0.05, 0) is 74.4 Å². The number of carbonyl (C=O) groups is 7. The Labute approximate surface area is 352 Å². The smallest absolute Gasteiger partial charge is 0.458 e. The molecule has 0 unspecified atom stereocenters. The Balaban J connectivity index is 1.32. The molecule has 16 nitrogen and oxygen atoms in total. The number of fused-ring (bicyclic) bond motifs is 3. The molecule has 4 aliphatic heterocycles. The predicted molar refractivity (Wildman–Crippen MR) is 204 cm³/mol. The second kappa shape index (κ2) is 19.0. The Hall–Kier alpha value is -5.86. The molecule has 0 radical (unpaired) electrons. The summed E-state index contributed by atoms with van der Waals surface area (Å²) in [7, 11) is 0. The number of esters is 1. The number of halogens is 5. The lowest BCUT2D eigenvalue weighted by molar-refractivity contribution is -0.274. The van der Waals surface area contributed by atoms with Crippen molar-refractivity contribution in [3.8, 4) is 5.75 Å². The van der Waals surface area contributed by atoms with Crippen molar-refractivity contribution in [1.29, 1.82) is 0 Å². The number of benzene rings is 2. The van der Waals surface area contributed by atoms with Crippen LogP contribution in [-0.4, -0.2) is 138 Å². The zero-order valence-corrected chi connectivity index (χ0v) is 34.0. The van der Waals surface area contributed by atoms with Gasteiger partial charge in [-0.15, -0.1) is 13.2 Å². The minimum atomic E-state index is -4.96. The van der Waals surface area contributed by atoms with Crippen molar-refractivity contribution >= 4 is 41.4 Å². The van der Waals surface area contributed by atoms with E-state index in [1.807, 2.05) is 6.92 Å². The van der Waals surface area contributed by atoms with Gasteiger partial charge in [-0.2, -0.15) is 0 Å². The van der Waals surface area contributed by atoms with Gasteiger partial charge in [0.2, 0.25) is 35.4 Å². The van der Waals surface area contributed by atoms with Gasteiger partial charge in [0.15, 0.2) is 0 Å². The lowest BCUT2D eigenvalue weighted by atomic mass is 10.0. The van der Waals surface area contributed by atoms with E-state index in [9.17, 15) is 55.5 Å². The molecule has 3 N–H and O–H groups in total. The molecule has 0 aliphatic carbocycles. The maximum absolute atomic E-state index is 14.7. The van der Waals surface area contributed by atoms with Crippen LogP contribution in [0.2, 0.25) is 0 Å². The number of nitrogens with one attached hydrogen (secondary N) is 3. The number of morpholine rings is 1. The molecule has 0 aromatic heterocycles. The van der Waals surface area contributed by atoms with E-state index < -0.39 is 120 Å². The molecule has 2 aromatic rings. The van der Waals surface area contributed by atoms with E-state index in [0.29, 0.717) is 12.5 Å². The van der Waals surface area contributed by atoms with Crippen LogP contribution < -0.4 is 20.7 Å². The van der Waals surface area contributed by atoms with Gasteiger partial charge in [0.05, 0.1) is 19.6 Å². The molecule has 4 aliphatic rings. The van der Waals surface area contributed by atoms with Crippen molar-refractivity contribution in [2.24, 2.45) is 5.92 Å². The molecule has 0 saturated carbocycles. The lowest BCUT2D eigenvalue weighted by Gasteiger charge is -2.39. The quantitative estimate of drug-likeness (QED) is 0.259. The van der Waals surface area contributed by atoms with Crippen molar-refractivity contribution in [2.75, 3.05) is 32.8 Å². The van der Waals surface area contributed by atoms with Crippen LogP contribution in [-0.2, 0) is 55.9 Å². The van der Waals surface area contributed by atoms with Gasteiger partial charge in [0, 0.05) is 32.1 Å². The van der Waals surface area contributed by atoms with Crippen LogP contribution in [0.15, 0.2) is 42.5 Å². The van der Waals surface area contributed by atoms with Gasteiger partial charge < -0.3 is 44.9 Å². The fourth-order valence-corrected chi connectivity index (χ4v) is 8.25. The van der Waals surface area contributed by atoms with E-state index >= 15 is 0 Å². The first kappa shape index (κ1) is 45.7. The predicted octanol–water partition coefficient (Wildman–Crippen LogP) is 1.52. The summed E-state index contributed by atoms with van der Waals surface area (Å²) >= 11 is 0. The van der Waals surface area contributed by atoms with Gasteiger partial charge in [-0.3, -0.25) is 28.8 Å². The maximum atomic E-state index is 14.7. The Morgan fingerprint density at radius 1 is 0.871 bits per heavy atom. The number of amides is 6. The number of alkyl halides is 3. The molecule has 4 fully saturated rings. The summed E-state index contributed by atoms with van der Waals surface area (Å²) in [4.78, 5) is 102. The van der Waals surface area contributed by atoms with E-state index in [4.69, 9.17) is 9.47 Å². The number of cyclic esters (lactones) is 1. The van der Waals surface area contributed by atoms with Gasteiger partial charge in [-0.1, -0.05) is 19.1 Å². The Morgan fingerprint density at radius 2 is 1.55 bits per heavy atom. The van der Waals surface area contributed by atoms with Gasteiger partial charge in [0.25, 0.3) is 0 Å². The summed E-state index contributed by atoms with van der Waals surface area (Å²) in [5, 5.41) is 7.66. The Bertz CT molecular complexity index is 2040. The Kier molecular flexibility index (Phi) is 14.0. The van der Waals surface area contributed by atoms with Crippen LogP contribution in [0.5, 0.6) is 5.75 Å². The van der Waals surface area contributed by atoms with Crippen LogP contribution in [0.4, 0.5) is 22.0 Å². The maximum Gasteiger partial charge on any atom is 0.573 e. The molecule has 4 saturated heterocycles. The minimum absolute atomic E-state index is 0.00873. The summed E-state index contributed by atoms with van der Waals surface area (Å²) in [6.45, 7) is 4.63. The molecule has 6 rings (SSSR count). The molecule has 0 bridgehead atoms. The van der Waals surface area contributed by atoms with Crippen LogP contribution in [0, 0.1) is 17.6 Å². The summed E-state index contributed by atoms with van der Waals surface area (Å²) in [5.41, 5.74) is 0.123. The largest absolute Gasteiger partial charge is 0.573 e. The number of rotatable bonds is 8. The first-order valence-corrected chi connectivity index (χ1v) is 20.2. The standard InChI is InChI=1S/C41H47F5N6O10/c1-21-13-31-40(59)61-23(3)34(39(58)50-10-4-5-30(50)38(57)51-11-12-60-20-32(51)36(55)47-22(2)37(56)52(31)19-21)49-35(54)29(16-25-14-26(42)18-27(43)15-25)48-33(53)17-24-6-8-28(9-7-24)62-41(44,45)46/h6-9,14-15,18,21-23,29-32,34H,4-5,10-13,16-17,19-20H2,1-3H3,(H,47,55)(H,48,53)(H,49,54)/t21-,22+,23+,29+,30+,31+,32+,34+/m1/s1. The van der Waals surface area contributed by atoms with Crippen LogP contribution >= 0.6 is 0 Å². The van der Waals surface area contributed by atoms with Gasteiger partial charge in [0.1, 0.15) is 59.7 Å². The van der Waals surface area contributed by atoms with E-state index in [1.165, 1.54) is 40.7 Å². The highest BCUT2D eigenvalue weighted by Crippen LogP contribution is 2.28. The summed E-state index contributed by atoms with van der Waals surface area (Å²) in [5.74, 6) is -8.27. The lowest BCUT2D eigenvalue weighted by Crippen LogP contribution is -2.64. The molecule has 2 aromatic carbocycles. The van der Waals surface area contributed by atoms with Crippen molar-refractivity contribution < 1.29 is 69.7 Å². The average Bonchev–Trinajstić information content (AvgIpc) is 3.85. The topological polar surface area (TPSA) is 193 Å². The number of hydrogen-bond donors (Lipinski definition) is 3. The number of hydrogen-bond acceptors (Lipinski definition) is 10. The minimum Gasteiger partial charge on any atom is -0.458 e. The zero-order chi connectivity index (χ0) is 45.0. The molecule has 62 heavy (non-hydrogen) atoms. The molecule has 0 spiro atoms. The first-order valence-electron chi connectivity index (χ1n) is 20.2. The third-order valence-corrected chi connectivity index (χ3v) is 11.2. The van der Waals surface area contributed by atoms with Crippen LogP contribution in [0.3, 0.4) is 0 Å². The average molecular weight is 879 g/mol. The molecule has 336 valence electrons. The second-order valence-corrected chi connectivity index (χ2v) is 16.0. The monoisotopic (exact) mass is 878 g/mol. The van der Waals surface area contributed by atoms with Crippen molar-refractivity contribution in [3.63, 3.8) is 0 Å². The SMILES string of the molecule is C[C@@H]1C[C@H]2C(=O)O[C@@H](C)[C@H](NC(=O)[C@H](Cc3cc(F)cc(F)c3)NC(=O)Cc3ccc(OC(F)(F)F)cc3)C(=O)N3CCC[C@H]3C(=O)N3CCOC[C@H]3C(=O)N[C@@H](C)C(=O)N2C1. The third-order valence-electron chi connectivity index (χ3n) is 11.2. The van der Waals surface area contributed by atoms with Gasteiger partial charge in [-0.25, -0.2) is 13.6 Å². The van der Waals surface area contributed by atoms with E-state index in [2.05, 4.69) is 20.7 Å². The number of nitrogens with zero attached hydrogens (tertiary/aromatic N) is 3. The Morgan fingerprint density at radius 3 is 2.23 bits per heavy atom. The highest BCUT2D eigenvalue weighted by molar-refractivity contribution is 5.98. The molecular weight excluding hydrogens is 831 g/mol. The van der Waals surface area contributed by atoms with E-state index in [0.717, 1.165) is 24.3 Å². The summed E-state index contributed by atoms with van der Waals surface area (Å²) in [6, 6.07) is -1.16. The normalized spacial score (nSPS) is 26.8. The zero-order valence-electron chi connectivity index (χ0n) is 34.0. The highest BCUT2D eigenvalue weighted by atomic mass is 19.4.